The Labute approximate surface area is 127 Å². The van der Waals surface area contributed by atoms with Gasteiger partial charge in [0, 0.05) is 5.56 Å². The van der Waals surface area contributed by atoms with Crippen molar-refractivity contribution in [3.8, 4) is 0 Å². The summed E-state index contributed by atoms with van der Waals surface area (Å²) in [7, 11) is 0. The molecule has 0 aromatic heterocycles. The standard InChI is InChI=1S/C19H26F2/c1-2-3-4-6-15-9-11-16(12-10-15)13-14-17-18(20)7-5-8-19(17)21/h5,7-8,13-16H,2-4,6,9-12H2,1H3/b14-13+/t15-,16-. The van der Waals surface area contributed by atoms with Crippen molar-refractivity contribution in [1.82, 2.24) is 0 Å². The lowest BCUT2D eigenvalue weighted by molar-refractivity contribution is 0.290. The maximum atomic E-state index is 13.5. The van der Waals surface area contributed by atoms with Gasteiger partial charge < -0.3 is 0 Å². The number of rotatable bonds is 6. The van der Waals surface area contributed by atoms with Gasteiger partial charge in [-0.15, -0.1) is 0 Å². The third kappa shape index (κ3) is 4.94. The van der Waals surface area contributed by atoms with E-state index in [1.165, 1.54) is 56.7 Å². The molecule has 1 saturated carbocycles. The molecule has 0 unspecified atom stereocenters. The average molecular weight is 292 g/mol. The second-order valence-corrected chi connectivity index (χ2v) is 6.27. The zero-order valence-corrected chi connectivity index (χ0v) is 13.0. The van der Waals surface area contributed by atoms with Gasteiger partial charge in [0.1, 0.15) is 11.6 Å². The SMILES string of the molecule is CCCCC[C@H]1CC[C@H](/C=C/c2c(F)cccc2F)CC1. The van der Waals surface area contributed by atoms with Crippen LogP contribution >= 0.6 is 0 Å². The smallest absolute Gasteiger partial charge is 0.133 e. The topological polar surface area (TPSA) is 0 Å². The molecule has 0 spiro atoms. The van der Waals surface area contributed by atoms with Crippen LogP contribution in [0.15, 0.2) is 24.3 Å². The molecule has 0 N–H and O–H groups in total. The highest BCUT2D eigenvalue weighted by atomic mass is 19.1. The molecular weight excluding hydrogens is 266 g/mol. The Morgan fingerprint density at radius 2 is 1.71 bits per heavy atom. The van der Waals surface area contributed by atoms with Gasteiger partial charge in [0.2, 0.25) is 0 Å². The van der Waals surface area contributed by atoms with Crippen molar-refractivity contribution in [3.63, 3.8) is 0 Å². The number of unbranched alkanes of at least 4 members (excludes halogenated alkanes) is 2. The highest BCUT2D eigenvalue weighted by molar-refractivity contribution is 5.50. The van der Waals surface area contributed by atoms with Crippen LogP contribution in [0, 0.1) is 23.5 Å². The minimum absolute atomic E-state index is 0.0996. The fraction of sp³-hybridized carbons (Fsp3) is 0.579. The highest BCUT2D eigenvalue weighted by Crippen LogP contribution is 2.33. The Hall–Kier alpha value is -1.18. The molecule has 0 heterocycles. The largest absolute Gasteiger partial charge is 0.206 e. The molecule has 0 nitrogen and oxygen atoms in total. The summed E-state index contributed by atoms with van der Waals surface area (Å²) < 4.78 is 27.1. The minimum Gasteiger partial charge on any atom is -0.206 e. The molecular formula is C19H26F2. The first-order chi connectivity index (χ1) is 10.2. The van der Waals surface area contributed by atoms with E-state index in [0.29, 0.717) is 5.92 Å². The minimum atomic E-state index is -0.473. The number of hydrogen-bond acceptors (Lipinski definition) is 0. The van der Waals surface area contributed by atoms with Crippen LogP contribution in [0.1, 0.15) is 63.9 Å². The molecule has 0 bridgehead atoms. The van der Waals surface area contributed by atoms with Crippen molar-refractivity contribution in [2.75, 3.05) is 0 Å². The first-order valence-corrected chi connectivity index (χ1v) is 8.33. The quantitative estimate of drug-likeness (QED) is 0.535. The van der Waals surface area contributed by atoms with Crippen molar-refractivity contribution >= 4 is 6.08 Å². The zero-order chi connectivity index (χ0) is 15.1. The van der Waals surface area contributed by atoms with Crippen molar-refractivity contribution in [1.29, 1.82) is 0 Å². The van der Waals surface area contributed by atoms with Gasteiger partial charge in [-0.1, -0.05) is 50.8 Å². The van der Waals surface area contributed by atoms with E-state index in [2.05, 4.69) is 6.92 Å². The number of allylic oxidation sites excluding steroid dienone is 1. The monoisotopic (exact) mass is 292 g/mol. The lowest BCUT2D eigenvalue weighted by Gasteiger charge is -2.26. The third-order valence-electron chi connectivity index (χ3n) is 4.64. The van der Waals surface area contributed by atoms with E-state index in [1.54, 1.807) is 6.08 Å². The van der Waals surface area contributed by atoms with E-state index in [4.69, 9.17) is 0 Å². The van der Waals surface area contributed by atoms with E-state index in [1.807, 2.05) is 6.08 Å². The van der Waals surface area contributed by atoms with Crippen molar-refractivity contribution in [2.45, 2.75) is 58.3 Å². The molecule has 2 rings (SSSR count). The van der Waals surface area contributed by atoms with Gasteiger partial charge in [0.25, 0.3) is 0 Å². The molecule has 1 fully saturated rings. The molecule has 0 aliphatic heterocycles. The summed E-state index contributed by atoms with van der Waals surface area (Å²) in [5.74, 6) is 0.400. The maximum absolute atomic E-state index is 13.5. The Morgan fingerprint density at radius 3 is 2.33 bits per heavy atom. The molecule has 116 valence electrons. The van der Waals surface area contributed by atoms with Crippen molar-refractivity contribution in [3.05, 3.63) is 41.5 Å². The second-order valence-electron chi connectivity index (χ2n) is 6.27. The van der Waals surface area contributed by atoms with Crippen LogP contribution in [0.2, 0.25) is 0 Å². The van der Waals surface area contributed by atoms with E-state index >= 15 is 0 Å². The predicted molar refractivity (Wildman–Crippen MR) is 85.0 cm³/mol. The summed E-state index contributed by atoms with van der Waals surface area (Å²) in [5.41, 5.74) is 0.0996. The molecule has 0 amide bonds. The van der Waals surface area contributed by atoms with Gasteiger partial charge in [0.05, 0.1) is 0 Å². The first-order valence-electron chi connectivity index (χ1n) is 8.33. The fourth-order valence-corrected chi connectivity index (χ4v) is 3.25. The van der Waals surface area contributed by atoms with Gasteiger partial charge in [-0.3, -0.25) is 0 Å². The summed E-state index contributed by atoms with van der Waals surface area (Å²) in [6.45, 7) is 2.24. The second kappa shape index (κ2) is 8.31. The molecule has 1 aromatic carbocycles. The molecule has 0 atom stereocenters. The summed E-state index contributed by atoms with van der Waals surface area (Å²) in [6, 6.07) is 4.03. The highest BCUT2D eigenvalue weighted by Gasteiger charge is 2.19. The Balaban J connectivity index is 1.82. The Morgan fingerprint density at radius 1 is 1.05 bits per heavy atom. The summed E-state index contributed by atoms with van der Waals surface area (Å²) in [6.07, 6.45) is 13.8. The lowest BCUT2D eigenvalue weighted by Crippen LogP contribution is -2.13. The van der Waals surface area contributed by atoms with Gasteiger partial charge in [-0.2, -0.15) is 0 Å². The molecule has 1 aromatic rings. The van der Waals surface area contributed by atoms with Crippen LogP contribution in [-0.4, -0.2) is 0 Å². The van der Waals surface area contributed by atoms with Crippen LogP contribution in [0.25, 0.3) is 6.08 Å². The van der Waals surface area contributed by atoms with Gasteiger partial charge in [0.15, 0.2) is 0 Å². The molecule has 2 heteroatoms. The molecule has 0 radical (unpaired) electrons. The normalized spacial score (nSPS) is 22.8. The third-order valence-corrected chi connectivity index (χ3v) is 4.64. The predicted octanol–water partition coefficient (Wildman–Crippen LogP) is 6.36. The molecule has 0 saturated heterocycles. The van der Waals surface area contributed by atoms with Gasteiger partial charge in [-0.25, -0.2) is 8.78 Å². The van der Waals surface area contributed by atoms with Crippen LogP contribution in [0.3, 0.4) is 0 Å². The average Bonchev–Trinajstić information content (AvgIpc) is 2.48. The maximum Gasteiger partial charge on any atom is 0.133 e. The van der Waals surface area contributed by atoms with Crippen LogP contribution < -0.4 is 0 Å². The van der Waals surface area contributed by atoms with E-state index in [0.717, 1.165) is 18.8 Å². The lowest BCUT2D eigenvalue weighted by atomic mass is 9.79. The number of benzene rings is 1. The Bertz CT molecular complexity index is 436. The fourth-order valence-electron chi connectivity index (χ4n) is 3.25. The summed E-state index contributed by atoms with van der Waals surface area (Å²) >= 11 is 0. The van der Waals surface area contributed by atoms with Crippen LogP contribution in [-0.2, 0) is 0 Å². The van der Waals surface area contributed by atoms with Crippen LogP contribution in [0.4, 0.5) is 8.78 Å². The number of halogens is 2. The number of hydrogen-bond donors (Lipinski definition) is 0. The Kier molecular flexibility index (Phi) is 6.41. The van der Waals surface area contributed by atoms with Gasteiger partial charge >= 0.3 is 0 Å². The van der Waals surface area contributed by atoms with Gasteiger partial charge in [-0.05, 0) is 49.7 Å². The van der Waals surface area contributed by atoms with E-state index in [9.17, 15) is 8.78 Å². The summed E-state index contributed by atoms with van der Waals surface area (Å²) in [4.78, 5) is 0. The van der Waals surface area contributed by atoms with Crippen molar-refractivity contribution in [2.24, 2.45) is 11.8 Å². The van der Waals surface area contributed by atoms with E-state index in [-0.39, 0.29) is 5.56 Å². The van der Waals surface area contributed by atoms with Crippen LogP contribution in [0.5, 0.6) is 0 Å². The molecule has 1 aliphatic carbocycles. The summed E-state index contributed by atoms with van der Waals surface area (Å²) in [5, 5.41) is 0. The van der Waals surface area contributed by atoms with E-state index < -0.39 is 11.6 Å². The molecule has 1 aliphatic rings. The molecule has 21 heavy (non-hydrogen) atoms. The first kappa shape index (κ1) is 16.2. The zero-order valence-electron chi connectivity index (χ0n) is 13.0. The van der Waals surface area contributed by atoms with Crippen molar-refractivity contribution < 1.29 is 8.78 Å².